The highest BCUT2D eigenvalue weighted by Crippen LogP contribution is 2.17. The number of carbonyl (C=O) groups is 2. The molecule has 0 aliphatic carbocycles. The first-order valence-corrected chi connectivity index (χ1v) is 5.73. The van der Waals surface area contributed by atoms with Gasteiger partial charge in [0.05, 0.1) is 11.1 Å². The number of amides is 1. The molecule has 0 saturated heterocycles. The lowest BCUT2D eigenvalue weighted by Gasteiger charge is -2.24. The summed E-state index contributed by atoms with van der Waals surface area (Å²) >= 11 is 0. The molecule has 0 heterocycles. The van der Waals surface area contributed by atoms with Crippen molar-refractivity contribution in [2.24, 2.45) is 0 Å². The first-order valence-electron chi connectivity index (χ1n) is 5.73. The van der Waals surface area contributed by atoms with Crippen LogP contribution in [0.15, 0.2) is 12.1 Å². The molecule has 1 amide bonds. The SMILES string of the molecule is CCC(C)(C)NC(=O)c1cc(F)c(F)cc1C(=O)O. The van der Waals surface area contributed by atoms with Gasteiger partial charge in [0.15, 0.2) is 11.6 Å². The molecular formula is C13H15F2NO3. The number of benzene rings is 1. The smallest absolute Gasteiger partial charge is 0.336 e. The molecule has 1 rings (SSSR count). The van der Waals surface area contributed by atoms with Crippen LogP contribution < -0.4 is 5.32 Å². The van der Waals surface area contributed by atoms with Gasteiger partial charge in [-0.3, -0.25) is 4.79 Å². The van der Waals surface area contributed by atoms with Crippen molar-refractivity contribution in [2.45, 2.75) is 32.7 Å². The summed E-state index contributed by atoms with van der Waals surface area (Å²) in [5.74, 6) is -4.80. The summed E-state index contributed by atoms with van der Waals surface area (Å²) in [6.07, 6.45) is 0.602. The Morgan fingerprint density at radius 1 is 1.21 bits per heavy atom. The third kappa shape index (κ3) is 3.49. The van der Waals surface area contributed by atoms with Gasteiger partial charge in [-0.05, 0) is 32.4 Å². The molecule has 0 atom stereocenters. The van der Waals surface area contributed by atoms with Crippen LogP contribution in [0.25, 0.3) is 0 Å². The van der Waals surface area contributed by atoms with Crippen molar-refractivity contribution in [1.82, 2.24) is 5.32 Å². The number of aromatic carboxylic acids is 1. The van der Waals surface area contributed by atoms with E-state index in [2.05, 4.69) is 5.32 Å². The van der Waals surface area contributed by atoms with Crippen LogP contribution in [0.3, 0.4) is 0 Å². The summed E-state index contributed by atoms with van der Waals surface area (Å²) in [4.78, 5) is 22.9. The van der Waals surface area contributed by atoms with Gasteiger partial charge in [-0.2, -0.15) is 0 Å². The zero-order chi connectivity index (χ0) is 14.8. The van der Waals surface area contributed by atoms with Crippen LogP contribution in [0, 0.1) is 11.6 Å². The number of carboxylic acid groups (broad SMARTS) is 1. The Morgan fingerprint density at radius 3 is 2.11 bits per heavy atom. The van der Waals surface area contributed by atoms with E-state index in [9.17, 15) is 18.4 Å². The van der Waals surface area contributed by atoms with Crippen LogP contribution in [0.5, 0.6) is 0 Å². The van der Waals surface area contributed by atoms with Gasteiger partial charge in [0.25, 0.3) is 5.91 Å². The van der Waals surface area contributed by atoms with Gasteiger partial charge in [0.2, 0.25) is 0 Å². The van der Waals surface area contributed by atoms with E-state index >= 15 is 0 Å². The second-order valence-electron chi connectivity index (χ2n) is 4.81. The summed E-state index contributed by atoms with van der Waals surface area (Å²) in [7, 11) is 0. The molecule has 0 saturated carbocycles. The number of rotatable bonds is 4. The summed E-state index contributed by atoms with van der Waals surface area (Å²) in [6.45, 7) is 5.32. The summed E-state index contributed by atoms with van der Waals surface area (Å²) in [6, 6.07) is 1.10. The van der Waals surface area contributed by atoms with Gasteiger partial charge in [0.1, 0.15) is 0 Å². The number of nitrogens with one attached hydrogen (secondary N) is 1. The number of carbonyl (C=O) groups excluding carboxylic acids is 1. The first-order chi connectivity index (χ1) is 8.68. The highest BCUT2D eigenvalue weighted by Gasteiger charge is 2.24. The largest absolute Gasteiger partial charge is 0.478 e. The standard InChI is InChI=1S/C13H15F2NO3/c1-4-13(2,3)16-11(17)7-5-9(14)10(15)6-8(7)12(18)19/h5-6H,4H2,1-3H3,(H,16,17)(H,18,19). The Kier molecular flexibility index (Phi) is 4.24. The van der Waals surface area contributed by atoms with Crippen LogP contribution in [-0.4, -0.2) is 22.5 Å². The summed E-state index contributed by atoms with van der Waals surface area (Å²) in [5.41, 5.74) is -1.53. The van der Waals surface area contributed by atoms with Crippen LogP contribution in [-0.2, 0) is 0 Å². The van der Waals surface area contributed by atoms with E-state index in [4.69, 9.17) is 5.11 Å². The number of halogens is 2. The van der Waals surface area contributed by atoms with Crippen molar-refractivity contribution < 1.29 is 23.5 Å². The molecule has 4 nitrogen and oxygen atoms in total. The maximum Gasteiger partial charge on any atom is 0.336 e. The monoisotopic (exact) mass is 271 g/mol. The predicted octanol–water partition coefficient (Wildman–Crippen LogP) is 2.58. The molecule has 6 heteroatoms. The topological polar surface area (TPSA) is 66.4 Å². The van der Waals surface area contributed by atoms with Crippen LogP contribution in [0.2, 0.25) is 0 Å². The Labute approximate surface area is 109 Å². The zero-order valence-corrected chi connectivity index (χ0v) is 10.9. The van der Waals surface area contributed by atoms with Gasteiger partial charge >= 0.3 is 5.97 Å². The molecule has 0 unspecified atom stereocenters. The average Bonchev–Trinajstić information content (AvgIpc) is 2.31. The number of carboxylic acids is 1. The van der Waals surface area contributed by atoms with Crippen LogP contribution >= 0.6 is 0 Å². The minimum absolute atomic E-state index is 0.395. The lowest BCUT2D eigenvalue weighted by atomic mass is 10.00. The third-order valence-corrected chi connectivity index (χ3v) is 2.87. The molecule has 0 aliphatic heterocycles. The van der Waals surface area contributed by atoms with Gasteiger partial charge in [-0.15, -0.1) is 0 Å². The highest BCUT2D eigenvalue weighted by molar-refractivity contribution is 6.05. The van der Waals surface area contributed by atoms with Gasteiger partial charge < -0.3 is 10.4 Å². The van der Waals surface area contributed by atoms with Crippen molar-refractivity contribution in [3.8, 4) is 0 Å². The first kappa shape index (κ1) is 15.1. The van der Waals surface area contributed by atoms with E-state index in [1.807, 2.05) is 6.92 Å². The molecule has 19 heavy (non-hydrogen) atoms. The maximum absolute atomic E-state index is 13.1. The van der Waals surface area contributed by atoms with Gasteiger partial charge in [0, 0.05) is 5.54 Å². The minimum atomic E-state index is -1.49. The molecule has 104 valence electrons. The van der Waals surface area contributed by atoms with Crippen molar-refractivity contribution >= 4 is 11.9 Å². The van der Waals surface area contributed by atoms with Gasteiger partial charge in [-0.25, -0.2) is 13.6 Å². The fraction of sp³-hybridized carbons (Fsp3) is 0.385. The minimum Gasteiger partial charge on any atom is -0.478 e. The highest BCUT2D eigenvalue weighted by atomic mass is 19.2. The van der Waals surface area contributed by atoms with Gasteiger partial charge in [-0.1, -0.05) is 6.92 Å². The molecule has 0 radical (unpaired) electrons. The third-order valence-electron chi connectivity index (χ3n) is 2.87. The molecule has 1 aromatic carbocycles. The molecule has 0 bridgehead atoms. The van der Waals surface area contributed by atoms with E-state index in [0.29, 0.717) is 18.6 Å². The second kappa shape index (κ2) is 5.34. The van der Waals surface area contributed by atoms with E-state index in [0.717, 1.165) is 0 Å². The maximum atomic E-state index is 13.1. The van der Waals surface area contributed by atoms with E-state index in [1.165, 1.54) is 0 Å². The Hall–Kier alpha value is -1.98. The normalized spacial score (nSPS) is 11.2. The van der Waals surface area contributed by atoms with E-state index in [1.54, 1.807) is 13.8 Å². The van der Waals surface area contributed by atoms with Crippen LogP contribution in [0.1, 0.15) is 47.9 Å². The molecule has 1 aromatic rings. The molecule has 0 aromatic heterocycles. The lowest BCUT2D eigenvalue weighted by Crippen LogP contribution is -2.43. The van der Waals surface area contributed by atoms with Crippen molar-refractivity contribution in [3.63, 3.8) is 0 Å². The molecule has 2 N–H and O–H groups in total. The second-order valence-corrected chi connectivity index (χ2v) is 4.81. The molecule has 0 aliphatic rings. The molecule has 0 fully saturated rings. The Bertz CT molecular complexity index is 527. The lowest BCUT2D eigenvalue weighted by molar-refractivity contribution is 0.0688. The summed E-state index contributed by atoms with van der Waals surface area (Å²) in [5, 5.41) is 11.5. The quantitative estimate of drug-likeness (QED) is 0.884. The average molecular weight is 271 g/mol. The fourth-order valence-electron chi connectivity index (χ4n) is 1.37. The fourth-order valence-corrected chi connectivity index (χ4v) is 1.37. The summed E-state index contributed by atoms with van der Waals surface area (Å²) < 4.78 is 26.2. The van der Waals surface area contributed by atoms with E-state index < -0.39 is 40.2 Å². The van der Waals surface area contributed by atoms with Crippen LogP contribution in [0.4, 0.5) is 8.78 Å². The molecular weight excluding hydrogens is 256 g/mol. The number of hydrogen-bond acceptors (Lipinski definition) is 2. The van der Waals surface area contributed by atoms with E-state index in [-0.39, 0.29) is 0 Å². The zero-order valence-electron chi connectivity index (χ0n) is 10.9. The van der Waals surface area contributed by atoms with Crippen molar-refractivity contribution in [3.05, 3.63) is 34.9 Å². The molecule has 0 spiro atoms. The predicted molar refractivity (Wildman–Crippen MR) is 65.2 cm³/mol. The Morgan fingerprint density at radius 2 is 1.68 bits per heavy atom. The van der Waals surface area contributed by atoms with Crippen molar-refractivity contribution in [2.75, 3.05) is 0 Å². The Balaban J connectivity index is 3.22. The number of hydrogen-bond donors (Lipinski definition) is 2. The van der Waals surface area contributed by atoms with Crippen molar-refractivity contribution in [1.29, 1.82) is 0 Å².